The molecule has 126 valence electrons. The molecule has 0 amide bonds. The van der Waals surface area contributed by atoms with Crippen LogP contribution < -0.4 is 0 Å². The van der Waals surface area contributed by atoms with E-state index in [1.54, 1.807) is 6.07 Å². The van der Waals surface area contributed by atoms with E-state index in [-0.39, 0.29) is 36.4 Å². The van der Waals surface area contributed by atoms with Gasteiger partial charge in [-0.3, -0.25) is 0 Å². The van der Waals surface area contributed by atoms with Crippen molar-refractivity contribution < 1.29 is 17.9 Å². The maximum Gasteiger partial charge on any atom is 0.244 e. The minimum absolute atomic E-state index is 0.116. The number of hydrogen-bond donors (Lipinski definition) is 1. The van der Waals surface area contributed by atoms with Gasteiger partial charge in [-0.15, -0.1) is 0 Å². The zero-order chi connectivity index (χ0) is 17.3. The minimum Gasteiger partial charge on any atom is -0.396 e. The fraction of sp³-hybridized carbons (Fsp3) is 0.312. The van der Waals surface area contributed by atoms with Crippen LogP contribution in [0.5, 0.6) is 0 Å². The fourth-order valence-electron chi connectivity index (χ4n) is 3.04. The lowest BCUT2D eigenvalue weighted by molar-refractivity contribution is 0.223. The second-order valence-electron chi connectivity index (χ2n) is 5.65. The van der Waals surface area contributed by atoms with Gasteiger partial charge in [0, 0.05) is 31.5 Å². The molecule has 0 spiro atoms. The summed E-state index contributed by atoms with van der Waals surface area (Å²) in [6, 6.07) is 7.12. The zero-order valence-corrected chi connectivity index (χ0v) is 14.2. The third-order valence-electron chi connectivity index (χ3n) is 4.32. The van der Waals surface area contributed by atoms with Gasteiger partial charge in [0.1, 0.15) is 22.3 Å². The van der Waals surface area contributed by atoms with Crippen molar-refractivity contribution in [1.82, 2.24) is 4.31 Å². The Morgan fingerprint density at radius 1 is 1.38 bits per heavy atom. The van der Waals surface area contributed by atoms with Crippen LogP contribution in [0.4, 0.5) is 4.39 Å². The van der Waals surface area contributed by atoms with Gasteiger partial charge in [-0.25, -0.2) is 12.8 Å². The second kappa shape index (κ2) is 6.61. The van der Waals surface area contributed by atoms with Crippen LogP contribution >= 0.6 is 11.3 Å². The number of benzene rings is 1. The van der Waals surface area contributed by atoms with Gasteiger partial charge >= 0.3 is 0 Å². The molecule has 5 nitrogen and oxygen atoms in total. The number of aliphatic hydroxyl groups excluding tert-OH is 1. The van der Waals surface area contributed by atoms with Crippen molar-refractivity contribution in [2.75, 3.05) is 19.7 Å². The molecule has 24 heavy (non-hydrogen) atoms. The van der Waals surface area contributed by atoms with Gasteiger partial charge in [-0.2, -0.15) is 20.9 Å². The molecule has 1 N–H and O–H groups in total. The van der Waals surface area contributed by atoms with Gasteiger partial charge < -0.3 is 5.11 Å². The Morgan fingerprint density at radius 2 is 2.17 bits per heavy atom. The highest BCUT2D eigenvalue weighted by Crippen LogP contribution is 2.36. The lowest BCUT2D eigenvalue weighted by Crippen LogP contribution is -2.30. The highest BCUT2D eigenvalue weighted by Gasteiger charge is 2.40. The van der Waals surface area contributed by atoms with Crippen molar-refractivity contribution in [3.05, 3.63) is 52.0 Å². The Kier molecular flexibility index (Phi) is 4.69. The Balaban J connectivity index is 1.97. The van der Waals surface area contributed by atoms with Crippen LogP contribution in [0.15, 0.2) is 39.9 Å². The third-order valence-corrected chi connectivity index (χ3v) is 6.89. The van der Waals surface area contributed by atoms with Crippen LogP contribution in [0.2, 0.25) is 0 Å². The maximum absolute atomic E-state index is 13.8. The van der Waals surface area contributed by atoms with E-state index in [1.807, 2.05) is 16.8 Å². The SMILES string of the molecule is N#Cc1c(F)cccc1S(=O)(=O)N1CC(CO)C(c2ccsc2)C1. The molecule has 0 radical (unpaired) electrons. The number of sulfonamides is 1. The number of thiophene rings is 1. The van der Waals surface area contributed by atoms with Crippen molar-refractivity contribution in [1.29, 1.82) is 5.26 Å². The molecule has 1 fully saturated rings. The zero-order valence-electron chi connectivity index (χ0n) is 12.6. The van der Waals surface area contributed by atoms with E-state index in [2.05, 4.69) is 0 Å². The molecular formula is C16H15FN2O3S2. The first kappa shape index (κ1) is 17.0. The number of rotatable bonds is 4. The van der Waals surface area contributed by atoms with Gasteiger partial charge in [0.2, 0.25) is 10.0 Å². The van der Waals surface area contributed by atoms with Gasteiger partial charge in [-0.1, -0.05) is 6.07 Å². The first-order valence-electron chi connectivity index (χ1n) is 7.30. The minimum atomic E-state index is -4.01. The highest BCUT2D eigenvalue weighted by atomic mass is 32.2. The third kappa shape index (κ3) is 2.84. The number of aliphatic hydroxyl groups is 1. The summed E-state index contributed by atoms with van der Waals surface area (Å²) in [5.74, 6) is -1.20. The summed E-state index contributed by atoms with van der Waals surface area (Å²) in [5.41, 5.74) is 0.508. The normalized spacial score (nSPS) is 21.7. The molecule has 0 aliphatic carbocycles. The lowest BCUT2D eigenvalue weighted by Gasteiger charge is -2.17. The molecule has 3 rings (SSSR count). The largest absolute Gasteiger partial charge is 0.396 e. The monoisotopic (exact) mass is 366 g/mol. The number of hydrogen-bond acceptors (Lipinski definition) is 5. The summed E-state index contributed by atoms with van der Waals surface area (Å²) in [5, 5.41) is 22.5. The van der Waals surface area contributed by atoms with Gasteiger partial charge in [-0.05, 0) is 34.5 Å². The first-order valence-corrected chi connectivity index (χ1v) is 9.69. The van der Waals surface area contributed by atoms with E-state index in [9.17, 15) is 17.9 Å². The van der Waals surface area contributed by atoms with Gasteiger partial charge in [0.05, 0.1) is 0 Å². The van der Waals surface area contributed by atoms with E-state index < -0.39 is 21.4 Å². The molecule has 1 aliphatic rings. The Labute approximate surface area is 143 Å². The summed E-state index contributed by atoms with van der Waals surface area (Å²) in [6.45, 7) is 0.202. The fourth-order valence-corrected chi connectivity index (χ4v) is 5.44. The van der Waals surface area contributed by atoms with Crippen LogP contribution in [-0.2, 0) is 10.0 Å². The summed E-state index contributed by atoms with van der Waals surface area (Å²) in [6.07, 6.45) is 0. The van der Waals surface area contributed by atoms with E-state index in [1.165, 1.54) is 27.8 Å². The lowest BCUT2D eigenvalue weighted by atomic mass is 9.92. The van der Waals surface area contributed by atoms with Crippen LogP contribution in [0, 0.1) is 23.1 Å². The average molecular weight is 366 g/mol. The number of nitrogens with zero attached hydrogens (tertiary/aromatic N) is 2. The number of nitriles is 1. The van der Waals surface area contributed by atoms with Gasteiger partial charge in [0.15, 0.2) is 0 Å². The van der Waals surface area contributed by atoms with Crippen molar-refractivity contribution in [3.63, 3.8) is 0 Å². The molecule has 2 heterocycles. The molecule has 1 saturated heterocycles. The smallest absolute Gasteiger partial charge is 0.244 e. The molecule has 1 aliphatic heterocycles. The van der Waals surface area contributed by atoms with Crippen LogP contribution in [0.25, 0.3) is 0 Å². The topological polar surface area (TPSA) is 81.4 Å². The van der Waals surface area contributed by atoms with E-state index in [0.717, 1.165) is 11.6 Å². The summed E-state index contributed by atoms with van der Waals surface area (Å²) in [7, 11) is -4.01. The van der Waals surface area contributed by atoms with E-state index in [0.29, 0.717) is 0 Å². The van der Waals surface area contributed by atoms with E-state index in [4.69, 9.17) is 5.26 Å². The summed E-state index contributed by atoms with van der Waals surface area (Å²) >= 11 is 1.51. The van der Waals surface area contributed by atoms with Crippen molar-refractivity contribution in [2.24, 2.45) is 5.92 Å². The molecule has 2 unspecified atom stereocenters. The van der Waals surface area contributed by atoms with Crippen molar-refractivity contribution in [2.45, 2.75) is 10.8 Å². The van der Waals surface area contributed by atoms with Crippen molar-refractivity contribution >= 4 is 21.4 Å². The maximum atomic E-state index is 13.8. The predicted octanol–water partition coefficient (Wildman–Crippen LogP) is 2.16. The Bertz CT molecular complexity index is 875. The quantitative estimate of drug-likeness (QED) is 0.899. The molecular weight excluding hydrogens is 351 g/mol. The predicted molar refractivity (Wildman–Crippen MR) is 87.5 cm³/mol. The van der Waals surface area contributed by atoms with Crippen molar-refractivity contribution in [3.8, 4) is 6.07 Å². The van der Waals surface area contributed by atoms with Crippen LogP contribution in [-0.4, -0.2) is 37.5 Å². The standard InChI is InChI=1S/C16H15FN2O3S2/c17-15-2-1-3-16(13(15)6-18)24(21,22)19-7-12(9-20)14(8-19)11-4-5-23-10-11/h1-5,10,12,14,20H,7-9H2. The number of halogens is 1. The molecule has 2 aromatic rings. The Morgan fingerprint density at radius 3 is 2.79 bits per heavy atom. The van der Waals surface area contributed by atoms with Gasteiger partial charge in [0.25, 0.3) is 0 Å². The molecule has 2 atom stereocenters. The summed E-state index contributed by atoms with van der Waals surface area (Å²) < 4.78 is 40.7. The van der Waals surface area contributed by atoms with E-state index >= 15 is 0 Å². The molecule has 0 saturated carbocycles. The Hall–Kier alpha value is -1.79. The molecule has 1 aromatic carbocycles. The summed E-state index contributed by atoms with van der Waals surface area (Å²) in [4.78, 5) is -0.326. The second-order valence-corrected chi connectivity index (χ2v) is 8.34. The highest BCUT2D eigenvalue weighted by molar-refractivity contribution is 7.89. The average Bonchev–Trinajstić information content (AvgIpc) is 3.23. The molecule has 8 heteroatoms. The molecule has 0 bridgehead atoms. The van der Waals surface area contributed by atoms with Crippen LogP contribution in [0.1, 0.15) is 17.0 Å². The van der Waals surface area contributed by atoms with Crippen LogP contribution in [0.3, 0.4) is 0 Å². The first-order chi connectivity index (χ1) is 11.5. The molecule has 1 aromatic heterocycles.